The normalized spacial score (nSPS) is 10.9. The Kier molecular flexibility index (Phi) is 7.63. The van der Waals surface area contributed by atoms with Crippen LogP contribution in [-0.4, -0.2) is 19.6 Å². The highest BCUT2D eigenvalue weighted by Crippen LogP contribution is 2.36. The highest BCUT2D eigenvalue weighted by molar-refractivity contribution is 6.37. The molecule has 1 N–H and O–H groups in total. The number of hydrogen-bond donors (Lipinski definition) is 1. The monoisotopic (exact) mass is 304 g/mol. The molecule has 0 atom stereocenters. The minimum absolute atomic E-state index is 0.447. The van der Waals surface area contributed by atoms with E-state index in [0.29, 0.717) is 34.7 Å². The molecule has 0 amide bonds. The van der Waals surface area contributed by atoms with Gasteiger partial charge in [0.05, 0.1) is 28.9 Å². The maximum atomic E-state index is 6.10. The molecular weight excluding hydrogens is 287 g/mol. The van der Waals surface area contributed by atoms with E-state index in [4.69, 9.17) is 32.8 Å². The van der Waals surface area contributed by atoms with Crippen LogP contribution in [-0.2, 0) is 4.84 Å². The van der Waals surface area contributed by atoms with Crippen LogP contribution < -0.4 is 10.2 Å². The molecule has 0 heterocycles. The van der Waals surface area contributed by atoms with E-state index in [2.05, 4.69) is 10.5 Å². The molecule has 0 radical (unpaired) electrons. The predicted octanol–water partition coefficient (Wildman–Crippen LogP) is 4.37. The minimum atomic E-state index is 0.447. The Morgan fingerprint density at radius 1 is 1.16 bits per heavy atom. The van der Waals surface area contributed by atoms with Crippen LogP contribution in [0.25, 0.3) is 0 Å². The Morgan fingerprint density at radius 3 is 2.37 bits per heavy atom. The summed E-state index contributed by atoms with van der Waals surface area (Å²) in [6.45, 7) is 5.24. The second-order valence-electron chi connectivity index (χ2n) is 3.81. The number of rotatable bonds is 8. The van der Waals surface area contributed by atoms with Gasteiger partial charge in [0, 0.05) is 0 Å². The molecule has 0 aliphatic carbocycles. The number of ether oxygens (including phenoxy) is 1. The number of nitrogens with zero attached hydrogens (tertiary/aromatic N) is 1. The molecule has 0 fully saturated rings. The smallest absolute Gasteiger partial charge is 0.156 e. The second-order valence-corrected chi connectivity index (χ2v) is 4.63. The van der Waals surface area contributed by atoms with Crippen LogP contribution in [0.5, 0.6) is 5.75 Å². The Balaban J connectivity index is 2.66. The van der Waals surface area contributed by atoms with Crippen LogP contribution in [0, 0.1) is 0 Å². The van der Waals surface area contributed by atoms with Gasteiger partial charge in [0.2, 0.25) is 0 Å². The summed E-state index contributed by atoms with van der Waals surface area (Å²) in [4.78, 5) is 9.19. The lowest BCUT2D eigenvalue weighted by Crippen LogP contribution is -2.12. The van der Waals surface area contributed by atoms with E-state index in [1.54, 1.807) is 12.1 Å². The summed E-state index contributed by atoms with van der Waals surface area (Å²) >= 11 is 12.2. The molecule has 1 rings (SSSR count). The fourth-order valence-corrected chi connectivity index (χ4v) is 1.85. The van der Waals surface area contributed by atoms with E-state index < -0.39 is 0 Å². The summed E-state index contributed by atoms with van der Waals surface area (Å²) in [5.41, 5.74) is 3.24. The molecule has 0 aromatic heterocycles. The van der Waals surface area contributed by atoms with Gasteiger partial charge in [0.25, 0.3) is 0 Å². The van der Waals surface area contributed by atoms with Crippen LogP contribution in [0.3, 0.4) is 0 Å². The predicted molar refractivity (Wildman–Crippen MR) is 79.8 cm³/mol. The maximum absolute atomic E-state index is 6.10. The van der Waals surface area contributed by atoms with Crippen molar-refractivity contribution in [1.29, 1.82) is 0 Å². The SMILES string of the molecule is CCCONC=Nc1cc(Cl)c(OCCC)c(Cl)c1. The van der Waals surface area contributed by atoms with E-state index in [-0.39, 0.29) is 0 Å². The van der Waals surface area contributed by atoms with Gasteiger partial charge in [-0.25, -0.2) is 4.99 Å². The molecule has 106 valence electrons. The molecule has 19 heavy (non-hydrogen) atoms. The summed E-state index contributed by atoms with van der Waals surface area (Å²) in [6.07, 6.45) is 3.28. The third-order valence-corrected chi connectivity index (χ3v) is 2.65. The van der Waals surface area contributed by atoms with Crippen LogP contribution in [0.1, 0.15) is 26.7 Å². The highest BCUT2D eigenvalue weighted by Gasteiger charge is 2.08. The fourth-order valence-electron chi connectivity index (χ4n) is 1.26. The quantitative estimate of drug-likeness (QED) is 0.335. The topological polar surface area (TPSA) is 42.8 Å². The average Bonchev–Trinajstić information content (AvgIpc) is 2.38. The molecule has 1 aromatic rings. The first-order valence-electron chi connectivity index (χ1n) is 6.20. The van der Waals surface area contributed by atoms with Crippen molar-refractivity contribution in [1.82, 2.24) is 5.48 Å². The van der Waals surface area contributed by atoms with Gasteiger partial charge in [0.1, 0.15) is 6.34 Å². The molecular formula is C13H18Cl2N2O2. The van der Waals surface area contributed by atoms with Crippen molar-refractivity contribution in [3.05, 3.63) is 22.2 Å². The first-order valence-corrected chi connectivity index (χ1v) is 6.96. The Bertz CT molecular complexity index is 402. The fraction of sp³-hybridized carbons (Fsp3) is 0.462. The largest absolute Gasteiger partial charge is 0.490 e. The maximum Gasteiger partial charge on any atom is 0.156 e. The second kappa shape index (κ2) is 9.02. The minimum Gasteiger partial charge on any atom is -0.490 e. The van der Waals surface area contributed by atoms with Crippen LogP contribution in [0.4, 0.5) is 5.69 Å². The van der Waals surface area contributed by atoms with Crippen LogP contribution in [0.2, 0.25) is 10.0 Å². The number of hydrogen-bond acceptors (Lipinski definition) is 3. The van der Waals surface area contributed by atoms with E-state index in [0.717, 1.165) is 12.8 Å². The molecule has 6 heteroatoms. The average molecular weight is 305 g/mol. The Morgan fingerprint density at radius 2 is 1.79 bits per heavy atom. The molecule has 0 spiro atoms. The number of halogens is 2. The van der Waals surface area contributed by atoms with Gasteiger partial charge in [-0.3, -0.25) is 10.3 Å². The molecule has 0 unspecified atom stereocenters. The lowest BCUT2D eigenvalue weighted by Gasteiger charge is -2.09. The molecule has 0 saturated heterocycles. The zero-order valence-electron chi connectivity index (χ0n) is 11.1. The van der Waals surface area contributed by atoms with E-state index >= 15 is 0 Å². The summed E-state index contributed by atoms with van der Waals surface area (Å²) in [5.74, 6) is 0.499. The lowest BCUT2D eigenvalue weighted by molar-refractivity contribution is 0.0890. The lowest BCUT2D eigenvalue weighted by atomic mass is 10.3. The number of nitrogens with one attached hydrogen (secondary N) is 1. The third-order valence-electron chi connectivity index (χ3n) is 2.09. The van der Waals surface area contributed by atoms with Gasteiger partial charge >= 0.3 is 0 Å². The summed E-state index contributed by atoms with van der Waals surface area (Å²) in [6, 6.07) is 3.38. The summed E-state index contributed by atoms with van der Waals surface area (Å²) < 4.78 is 5.47. The summed E-state index contributed by atoms with van der Waals surface area (Å²) in [5, 5.41) is 0.894. The van der Waals surface area contributed by atoms with Gasteiger partial charge in [-0.05, 0) is 25.0 Å². The van der Waals surface area contributed by atoms with Crippen molar-refractivity contribution in [2.75, 3.05) is 13.2 Å². The van der Waals surface area contributed by atoms with E-state index in [9.17, 15) is 0 Å². The van der Waals surface area contributed by atoms with Gasteiger partial charge in [-0.1, -0.05) is 37.0 Å². The van der Waals surface area contributed by atoms with Crippen molar-refractivity contribution in [3.63, 3.8) is 0 Å². The van der Waals surface area contributed by atoms with Crippen molar-refractivity contribution in [2.24, 2.45) is 4.99 Å². The number of hydroxylamine groups is 1. The number of aliphatic imine (C=N–C) groups is 1. The van der Waals surface area contributed by atoms with Gasteiger partial charge in [-0.2, -0.15) is 0 Å². The van der Waals surface area contributed by atoms with E-state index in [1.165, 1.54) is 6.34 Å². The molecule has 0 bridgehead atoms. The van der Waals surface area contributed by atoms with Crippen LogP contribution >= 0.6 is 23.2 Å². The third kappa shape index (κ3) is 5.68. The molecule has 0 aliphatic rings. The first kappa shape index (κ1) is 16.1. The molecule has 0 aliphatic heterocycles. The van der Waals surface area contributed by atoms with Gasteiger partial charge < -0.3 is 4.74 Å². The van der Waals surface area contributed by atoms with Crippen molar-refractivity contribution < 1.29 is 9.57 Å². The summed E-state index contributed by atoms with van der Waals surface area (Å²) in [7, 11) is 0. The molecule has 0 saturated carbocycles. The molecule has 4 nitrogen and oxygen atoms in total. The first-order chi connectivity index (χ1) is 9.19. The zero-order chi connectivity index (χ0) is 14.1. The molecule has 1 aromatic carbocycles. The highest BCUT2D eigenvalue weighted by atomic mass is 35.5. The van der Waals surface area contributed by atoms with Crippen molar-refractivity contribution >= 4 is 35.2 Å². The van der Waals surface area contributed by atoms with Crippen molar-refractivity contribution in [2.45, 2.75) is 26.7 Å². The van der Waals surface area contributed by atoms with Crippen molar-refractivity contribution in [3.8, 4) is 5.75 Å². The van der Waals surface area contributed by atoms with Gasteiger partial charge in [-0.15, -0.1) is 0 Å². The van der Waals surface area contributed by atoms with Gasteiger partial charge in [0.15, 0.2) is 5.75 Å². The number of benzene rings is 1. The standard InChI is InChI=1S/C13H18Cl2N2O2/c1-3-5-18-13-11(14)7-10(8-12(13)15)16-9-17-19-6-4-2/h7-9H,3-6H2,1-2H3,(H,16,17). The Hall–Kier alpha value is -0.970. The Labute approximate surface area is 123 Å². The van der Waals surface area contributed by atoms with Crippen LogP contribution in [0.15, 0.2) is 17.1 Å². The zero-order valence-corrected chi connectivity index (χ0v) is 12.6. The van der Waals surface area contributed by atoms with E-state index in [1.807, 2.05) is 13.8 Å².